The first-order chi connectivity index (χ1) is 5.30. The number of hydrogen-bond acceptors (Lipinski definition) is 2. The molecule has 0 aliphatic heterocycles. The van der Waals surface area contributed by atoms with Gasteiger partial charge in [0.2, 0.25) is 0 Å². The summed E-state index contributed by atoms with van der Waals surface area (Å²) in [7, 11) is 1.00. The molecule has 1 N–H and O–H groups in total. The molecule has 0 amide bonds. The molecule has 0 heterocycles. The van der Waals surface area contributed by atoms with Gasteiger partial charge < -0.3 is 5.11 Å². The maximum absolute atomic E-state index is 10.6. The van der Waals surface area contributed by atoms with Crippen molar-refractivity contribution >= 4 is 5.78 Å². The molecule has 0 spiro atoms. The number of rotatable bonds is 1. The number of ketones is 1. The lowest BCUT2D eigenvalue weighted by atomic mass is 10.2. The van der Waals surface area contributed by atoms with Crippen LogP contribution in [-0.4, -0.2) is 18.0 Å². The van der Waals surface area contributed by atoms with Gasteiger partial charge in [0.15, 0.2) is 5.78 Å². The summed E-state index contributed by atoms with van der Waals surface area (Å²) in [6, 6.07) is 9.23. The van der Waals surface area contributed by atoms with Crippen molar-refractivity contribution in [1.29, 1.82) is 0 Å². The highest BCUT2D eigenvalue weighted by molar-refractivity contribution is 5.93. The summed E-state index contributed by atoms with van der Waals surface area (Å²) in [4.78, 5) is 10.6. The summed E-state index contributed by atoms with van der Waals surface area (Å²) >= 11 is 0. The molecule has 0 radical (unpaired) electrons. The third kappa shape index (κ3) is 3.53. The van der Waals surface area contributed by atoms with Crippen LogP contribution in [0.4, 0.5) is 0 Å². The molecule has 0 atom stereocenters. The van der Waals surface area contributed by atoms with Crippen molar-refractivity contribution in [3.8, 4) is 0 Å². The quantitative estimate of drug-likeness (QED) is 0.619. The maximum Gasteiger partial charge on any atom is 0.159 e. The molecule has 1 rings (SSSR count). The first kappa shape index (κ1) is 9.85. The van der Waals surface area contributed by atoms with Crippen molar-refractivity contribution < 1.29 is 9.90 Å². The molecule has 1 aromatic carbocycles. The Labute approximate surface area is 66.5 Å². The summed E-state index contributed by atoms with van der Waals surface area (Å²) in [6.45, 7) is 1.56. The second-order valence-electron chi connectivity index (χ2n) is 1.92. The van der Waals surface area contributed by atoms with Crippen LogP contribution in [0.2, 0.25) is 0 Å². The predicted octanol–water partition coefficient (Wildman–Crippen LogP) is 1.50. The summed E-state index contributed by atoms with van der Waals surface area (Å²) in [6.07, 6.45) is 0. The lowest BCUT2D eigenvalue weighted by Crippen LogP contribution is -1.88. The molecule has 0 aliphatic carbocycles. The fourth-order valence-corrected chi connectivity index (χ4v) is 0.673. The van der Waals surface area contributed by atoms with Gasteiger partial charge in [-0.3, -0.25) is 4.79 Å². The molecule has 1 aromatic rings. The number of carbonyl (C=O) groups is 1. The molecule has 2 heteroatoms. The minimum absolute atomic E-state index is 0.121. The Kier molecular flexibility index (Phi) is 5.03. The van der Waals surface area contributed by atoms with Gasteiger partial charge >= 0.3 is 0 Å². The van der Waals surface area contributed by atoms with Gasteiger partial charge in [-0.05, 0) is 6.92 Å². The van der Waals surface area contributed by atoms with E-state index in [0.717, 1.165) is 12.7 Å². The standard InChI is InChI=1S/C8H8O.CH4O/c1-7(9)8-5-3-2-4-6-8;1-2/h2-6H,1H3;2H,1H3. The molecule has 60 valence electrons. The van der Waals surface area contributed by atoms with Crippen LogP contribution in [0.5, 0.6) is 0 Å². The van der Waals surface area contributed by atoms with Crippen molar-refractivity contribution in [3.05, 3.63) is 35.9 Å². The van der Waals surface area contributed by atoms with Crippen LogP contribution >= 0.6 is 0 Å². The van der Waals surface area contributed by atoms with Crippen LogP contribution < -0.4 is 0 Å². The van der Waals surface area contributed by atoms with Crippen LogP contribution in [-0.2, 0) is 0 Å². The highest BCUT2D eigenvalue weighted by Crippen LogP contribution is 1.97. The van der Waals surface area contributed by atoms with Crippen LogP contribution in [0.15, 0.2) is 30.3 Å². The van der Waals surface area contributed by atoms with E-state index in [1.165, 1.54) is 0 Å². The van der Waals surface area contributed by atoms with E-state index in [2.05, 4.69) is 0 Å². The monoisotopic (exact) mass is 152 g/mol. The highest BCUT2D eigenvalue weighted by Gasteiger charge is 1.92. The van der Waals surface area contributed by atoms with E-state index in [-0.39, 0.29) is 5.78 Å². The number of hydrogen-bond donors (Lipinski definition) is 1. The molecule has 11 heavy (non-hydrogen) atoms. The summed E-state index contributed by atoms with van der Waals surface area (Å²) in [5, 5.41) is 7.00. The van der Waals surface area contributed by atoms with Crippen LogP contribution in [0, 0.1) is 0 Å². The minimum Gasteiger partial charge on any atom is -0.400 e. The van der Waals surface area contributed by atoms with Gasteiger partial charge in [0.25, 0.3) is 0 Å². The van der Waals surface area contributed by atoms with Gasteiger partial charge in [0.1, 0.15) is 0 Å². The van der Waals surface area contributed by atoms with E-state index in [0.29, 0.717) is 0 Å². The van der Waals surface area contributed by atoms with Crippen LogP contribution in [0.1, 0.15) is 17.3 Å². The van der Waals surface area contributed by atoms with E-state index in [1.54, 1.807) is 6.92 Å². The van der Waals surface area contributed by atoms with Crippen molar-refractivity contribution in [3.63, 3.8) is 0 Å². The third-order valence-electron chi connectivity index (χ3n) is 1.18. The van der Waals surface area contributed by atoms with Gasteiger partial charge in [-0.2, -0.15) is 0 Å². The first-order valence-corrected chi connectivity index (χ1v) is 3.31. The van der Waals surface area contributed by atoms with Crippen LogP contribution in [0.3, 0.4) is 0 Å². The number of benzene rings is 1. The molecule has 0 aromatic heterocycles. The molecule has 2 nitrogen and oxygen atoms in total. The Morgan fingerprint density at radius 2 is 1.64 bits per heavy atom. The molecular weight excluding hydrogens is 140 g/mol. The molecule has 0 aliphatic rings. The fourth-order valence-electron chi connectivity index (χ4n) is 0.673. The number of carbonyl (C=O) groups excluding carboxylic acids is 1. The average molecular weight is 152 g/mol. The summed E-state index contributed by atoms with van der Waals surface area (Å²) < 4.78 is 0. The first-order valence-electron chi connectivity index (χ1n) is 3.31. The van der Waals surface area contributed by atoms with Gasteiger partial charge in [-0.15, -0.1) is 0 Å². The van der Waals surface area contributed by atoms with Gasteiger partial charge in [-0.25, -0.2) is 0 Å². The summed E-state index contributed by atoms with van der Waals surface area (Å²) in [5.74, 6) is 0.121. The Balaban J connectivity index is 0.000000461. The normalized spacial score (nSPS) is 7.91. The fraction of sp³-hybridized carbons (Fsp3) is 0.222. The highest BCUT2D eigenvalue weighted by atomic mass is 16.2. The molecule has 0 saturated heterocycles. The van der Waals surface area contributed by atoms with E-state index in [9.17, 15) is 4.79 Å². The van der Waals surface area contributed by atoms with Crippen molar-refractivity contribution in [1.82, 2.24) is 0 Å². The largest absolute Gasteiger partial charge is 0.400 e. The molecule has 0 saturated carbocycles. The number of Topliss-reactive ketones (excluding diaryl/α,β-unsaturated/α-hetero) is 1. The smallest absolute Gasteiger partial charge is 0.159 e. The minimum atomic E-state index is 0.121. The van der Waals surface area contributed by atoms with Gasteiger partial charge in [0.05, 0.1) is 0 Å². The second kappa shape index (κ2) is 5.62. The molecule has 0 unspecified atom stereocenters. The van der Waals surface area contributed by atoms with Gasteiger partial charge in [0, 0.05) is 12.7 Å². The van der Waals surface area contributed by atoms with E-state index in [4.69, 9.17) is 5.11 Å². The van der Waals surface area contributed by atoms with E-state index in [1.807, 2.05) is 30.3 Å². The Morgan fingerprint density at radius 1 is 1.18 bits per heavy atom. The molecule has 0 fully saturated rings. The van der Waals surface area contributed by atoms with Crippen LogP contribution in [0.25, 0.3) is 0 Å². The lowest BCUT2D eigenvalue weighted by molar-refractivity contribution is 0.101. The molecular formula is C9H12O2. The van der Waals surface area contributed by atoms with Crippen molar-refractivity contribution in [2.24, 2.45) is 0 Å². The SMILES string of the molecule is CC(=O)c1ccccc1.CO. The molecule has 0 bridgehead atoms. The van der Waals surface area contributed by atoms with Crippen molar-refractivity contribution in [2.75, 3.05) is 7.11 Å². The zero-order valence-corrected chi connectivity index (χ0v) is 6.74. The van der Waals surface area contributed by atoms with Gasteiger partial charge in [-0.1, -0.05) is 30.3 Å². The Bertz CT molecular complexity index is 204. The number of aliphatic hydroxyl groups is 1. The van der Waals surface area contributed by atoms with E-state index < -0.39 is 0 Å². The topological polar surface area (TPSA) is 37.3 Å². The maximum atomic E-state index is 10.6. The second-order valence-corrected chi connectivity index (χ2v) is 1.92. The lowest BCUT2D eigenvalue weighted by Gasteiger charge is -1.89. The summed E-state index contributed by atoms with van der Waals surface area (Å²) in [5.41, 5.74) is 0.775. The third-order valence-corrected chi connectivity index (χ3v) is 1.18. The Hall–Kier alpha value is -1.15. The number of aliphatic hydroxyl groups excluding tert-OH is 1. The van der Waals surface area contributed by atoms with Crippen molar-refractivity contribution in [2.45, 2.75) is 6.92 Å². The zero-order valence-electron chi connectivity index (χ0n) is 6.74. The zero-order chi connectivity index (χ0) is 8.69. The predicted molar refractivity (Wildman–Crippen MR) is 44.6 cm³/mol. The Morgan fingerprint density at radius 3 is 1.91 bits per heavy atom. The average Bonchev–Trinajstić information content (AvgIpc) is 2.10. The van der Waals surface area contributed by atoms with E-state index >= 15 is 0 Å².